The molecule has 2 rings (SSSR count). The Hall–Kier alpha value is -1.62. The van der Waals surface area contributed by atoms with Gasteiger partial charge in [0, 0.05) is 12.1 Å². The Labute approximate surface area is 111 Å². The predicted octanol–water partition coefficient (Wildman–Crippen LogP) is 1.73. The molecule has 1 amide bonds. The number of halogens is 1. The molecule has 4 nitrogen and oxygen atoms in total. The zero-order valence-corrected chi connectivity index (χ0v) is 10.9. The molecule has 5 heteroatoms. The van der Waals surface area contributed by atoms with Gasteiger partial charge < -0.3 is 15.2 Å². The third-order valence-corrected chi connectivity index (χ3v) is 3.48. The van der Waals surface area contributed by atoms with Crippen molar-refractivity contribution >= 4 is 5.91 Å². The van der Waals surface area contributed by atoms with E-state index in [0.717, 1.165) is 25.3 Å². The van der Waals surface area contributed by atoms with Crippen LogP contribution in [-0.2, 0) is 0 Å². The van der Waals surface area contributed by atoms with Gasteiger partial charge in [0.1, 0.15) is 0 Å². The topological polar surface area (TPSA) is 58.6 Å². The lowest BCUT2D eigenvalue weighted by molar-refractivity contribution is 0.0944. The lowest BCUT2D eigenvalue weighted by Crippen LogP contribution is -2.28. The van der Waals surface area contributed by atoms with E-state index in [0.29, 0.717) is 12.5 Å². The number of nitrogens with one attached hydrogen (secondary N) is 1. The van der Waals surface area contributed by atoms with Crippen molar-refractivity contribution in [2.24, 2.45) is 5.92 Å². The van der Waals surface area contributed by atoms with Crippen LogP contribution in [0.25, 0.3) is 0 Å². The third kappa shape index (κ3) is 3.44. The highest BCUT2D eigenvalue weighted by Crippen LogP contribution is 2.24. The Balaban J connectivity index is 1.91. The summed E-state index contributed by atoms with van der Waals surface area (Å²) >= 11 is 0. The van der Waals surface area contributed by atoms with Crippen LogP contribution in [0.2, 0.25) is 0 Å². The fourth-order valence-electron chi connectivity index (χ4n) is 2.38. The van der Waals surface area contributed by atoms with Crippen molar-refractivity contribution in [3.05, 3.63) is 29.6 Å². The van der Waals surface area contributed by atoms with Gasteiger partial charge in [0.15, 0.2) is 11.6 Å². The largest absolute Gasteiger partial charge is 0.494 e. The molecule has 0 aromatic heterocycles. The first-order chi connectivity index (χ1) is 9.10. The molecule has 0 aliphatic heterocycles. The van der Waals surface area contributed by atoms with E-state index >= 15 is 0 Å². The molecule has 104 valence electrons. The maximum atomic E-state index is 13.5. The monoisotopic (exact) mass is 267 g/mol. The van der Waals surface area contributed by atoms with Gasteiger partial charge in [-0.15, -0.1) is 0 Å². The molecule has 1 aromatic rings. The van der Waals surface area contributed by atoms with Gasteiger partial charge in [-0.05, 0) is 43.4 Å². The normalized spacial score (nSPS) is 22.3. The molecule has 1 aliphatic carbocycles. The molecule has 19 heavy (non-hydrogen) atoms. The maximum Gasteiger partial charge on any atom is 0.251 e. The Bertz CT molecular complexity index is 464. The van der Waals surface area contributed by atoms with Crippen LogP contribution in [-0.4, -0.2) is 30.8 Å². The van der Waals surface area contributed by atoms with Crippen molar-refractivity contribution in [1.82, 2.24) is 5.32 Å². The summed E-state index contributed by atoms with van der Waals surface area (Å²) in [5.74, 6) is -0.424. The van der Waals surface area contributed by atoms with E-state index in [1.807, 2.05) is 0 Å². The second-order valence-electron chi connectivity index (χ2n) is 4.89. The van der Waals surface area contributed by atoms with Gasteiger partial charge in [-0.1, -0.05) is 0 Å². The standard InChI is InChI=1S/C14H18FNO3/c1-19-13-5-3-10(7-12(13)15)14(18)16-8-9-2-4-11(17)6-9/h3,5,7,9,11,17H,2,4,6,8H2,1H3,(H,16,18). The number of carbonyl (C=O) groups is 1. The van der Waals surface area contributed by atoms with Gasteiger partial charge in [-0.25, -0.2) is 4.39 Å². The summed E-state index contributed by atoms with van der Waals surface area (Å²) in [7, 11) is 1.38. The summed E-state index contributed by atoms with van der Waals surface area (Å²) in [5.41, 5.74) is 0.275. The van der Waals surface area contributed by atoms with Crippen LogP contribution in [0.4, 0.5) is 4.39 Å². The number of carbonyl (C=O) groups excluding carboxylic acids is 1. The first-order valence-electron chi connectivity index (χ1n) is 6.40. The van der Waals surface area contributed by atoms with Crippen molar-refractivity contribution in [3.63, 3.8) is 0 Å². The van der Waals surface area contributed by atoms with Crippen LogP contribution in [0.1, 0.15) is 29.6 Å². The van der Waals surface area contributed by atoms with Crippen molar-refractivity contribution in [2.45, 2.75) is 25.4 Å². The van der Waals surface area contributed by atoms with Crippen molar-refractivity contribution < 1.29 is 19.0 Å². The summed E-state index contributed by atoms with van der Waals surface area (Å²) in [5, 5.41) is 12.2. The molecule has 0 saturated heterocycles. The Kier molecular flexibility index (Phi) is 4.37. The zero-order valence-electron chi connectivity index (χ0n) is 10.9. The minimum absolute atomic E-state index is 0.121. The number of aliphatic hydroxyl groups excluding tert-OH is 1. The molecule has 1 aliphatic rings. The summed E-state index contributed by atoms with van der Waals surface area (Å²) in [4.78, 5) is 11.9. The van der Waals surface area contributed by atoms with Crippen molar-refractivity contribution in [3.8, 4) is 5.75 Å². The SMILES string of the molecule is COc1ccc(C(=O)NCC2CCC(O)C2)cc1F. The van der Waals surface area contributed by atoms with E-state index in [4.69, 9.17) is 4.74 Å². The quantitative estimate of drug-likeness (QED) is 0.873. The number of hydrogen-bond donors (Lipinski definition) is 2. The van der Waals surface area contributed by atoms with Gasteiger partial charge in [0.25, 0.3) is 5.91 Å². The average molecular weight is 267 g/mol. The molecule has 1 saturated carbocycles. The number of rotatable bonds is 4. The smallest absolute Gasteiger partial charge is 0.251 e. The average Bonchev–Trinajstić information content (AvgIpc) is 2.81. The second kappa shape index (κ2) is 6.02. The number of amides is 1. The predicted molar refractivity (Wildman–Crippen MR) is 68.6 cm³/mol. The summed E-state index contributed by atoms with van der Waals surface area (Å²) in [6, 6.07) is 4.13. The molecular formula is C14H18FNO3. The molecule has 0 bridgehead atoms. The molecule has 2 N–H and O–H groups in total. The van der Waals surface area contributed by atoms with Crippen molar-refractivity contribution in [1.29, 1.82) is 0 Å². The van der Waals surface area contributed by atoms with Gasteiger partial charge >= 0.3 is 0 Å². The van der Waals surface area contributed by atoms with Gasteiger partial charge in [0.05, 0.1) is 13.2 Å². The zero-order chi connectivity index (χ0) is 13.8. The second-order valence-corrected chi connectivity index (χ2v) is 4.89. The fourth-order valence-corrected chi connectivity index (χ4v) is 2.38. The number of ether oxygens (including phenoxy) is 1. The van der Waals surface area contributed by atoms with E-state index in [-0.39, 0.29) is 23.3 Å². The molecule has 2 atom stereocenters. The maximum absolute atomic E-state index is 13.5. The Morgan fingerprint density at radius 1 is 1.53 bits per heavy atom. The number of hydrogen-bond acceptors (Lipinski definition) is 3. The van der Waals surface area contributed by atoms with E-state index in [1.54, 1.807) is 0 Å². The van der Waals surface area contributed by atoms with Gasteiger partial charge in [-0.3, -0.25) is 4.79 Å². The van der Waals surface area contributed by atoms with E-state index in [9.17, 15) is 14.3 Å². The highest BCUT2D eigenvalue weighted by atomic mass is 19.1. The first-order valence-corrected chi connectivity index (χ1v) is 6.40. The van der Waals surface area contributed by atoms with E-state index < -0.39 is 5.82 Å². The van der Waals surface area contributed by atoms with E-state index in [2.05, 4.69) is 5.32 Å². The lowest BCUT2D eigenvalue weighted by Gasteiger charge is -2.11. The highest BCUT2D eigenvalue weighted by Gasteiger charge is 2.23. The summed E-state index contributed by atoms with van der Waals surface area (Å²) in [6.07, 6.45) is 2.17. The van der Waals surface area contributed by atoms with Crippen LogP contribution in [0.3, 0.4) is 0 Å². The van der Waals surface area contributed by atoms with Crippen LogP contribution in [0, 0.1) is 11.7 Å². The van der Waals surface area contributed by atoms with Crippen LogP contribution >= 0.6 is 0 Å². The van der Waals surface area contributed by atoms with Crippen LogP contribution < -0.4 is 10.1 Å². The third-order valence-electron chi connectivity index (χ3n) is 3.48. The summed E-state index contributed by atoms with van der Waals surface area (Å²) in [6.45, 7) is 0.517. The molecule has 0 radical (unpaired) electrons. The van der Waals surface area contributed by atoms with E-state index in [1.165, 1.54) is 19.2 Å². The lowest BCUT2D eigenvalue weighted by atomic mass is 10.1. The number of methoxy groups -OCH3 is 1. The Morgan fingerprint density at radius 2 is 2.32 bits per heavy atom. The Morgan fingerprint density at radius 3 is 2.89 bits per heavy atom. The van der Waals surface area contributed by atoms with Gasteiger partial charge in [-0.2, -0.15) is 0 Å². The number of benzene rings is 1. The first kappa shape index (κ1) is 13.8. The van der Waals surface area contributed by atoms with Crippen molar-refractivity contribution in [2.75, 3.05) is 13.7 Å². The molecule has 1 aromatic carbocycles. The van der Waals surface area contributed by atoms with Crippen LogP contribution in [0.5, 0.6) is 5.75 Å². The molecule has 0 heterocycles. The van der Waals surface area contributed by atoms with Gasteiger partial charge in [0.2, 0.25) is 0 Å². The molecule has 2 unspecified atom stereocenters. The fraction of sp³-hybridized carbons (Fsp3) is 0.500. The summed E-state index contributed by atoms with van der Waals surface area (Å²) < 4.78 is 18.3. The highest BCUT2D eigenvalue weighted by molar-refractivity contribution is 5.94. The minimum Gasteiger partial charge on any atom is -0.494 e. The number of aliphatic hydroxyl groups is 1. The molecule has 1 fully saturated rings. The molecular weight excluding hydrogens is 249 g/mol. The van der Waals surface area contributed by atoms with Crippen LogP contribution in [0.15, 0.2) is 18.2 Å². The minimum atomic E-state index is -0.550. The molecule has 0 spiro atoms.